The fourth-order valence-electron chi connectivity index (χ4n) is 1.70. The van der Waals surface area contributed by atoms with Gasteiger partial charge in [0.15, 0.2) is 17.5 Å². The summed E-state index contributed by atoms with van der Waals surface area (Å²) in [5, 5.41) is 9.61. The van der Waals surface area contributed by atoms with E-state index in [-0.39, 0.29) is 0 Å². The third kappa shape index (κ3) is 2.28. The van der Waals surface area contributed by atoms with Crippen LogP contribution in [-0.2, 0) is 4.79 Å². The van der Waals surface area contributed by atoms with Gasteiger partial charge in [0, 0.05) is 5.75 Å². The molecule has 18 heavy (non-hydrogen) atoms. The van der Waals surface area contributed by atoms with Gasteiger partial charge in [0.2, 0.25) is 0 Å². The number of methoxy groups -OCH3 is 2. The highest BCUT2D eigenvalue weighted by Gasteiger charge is 2.27. The van der Waals surface area contributed by atoms with Crippen LogP contribution in [0.1, 0.15) is 5.56 Å². The molecule has 1 N–H and O–H groups in total. The van der Waals surface area contributed by atoms with E-state index < -0.39 is 12.0 Å². The van der Waals surface area contributed by atoms with Gasteiger partial charge in [-0.3, -0.25) is 4.99 Å². The van der Waals surface area contributed by atoms with Crippen LogP contribution in [0.15, 0.2) is 23.2 Å². The minimum Gasteiger partial charge on any atom is -0.493 e. The SMILES string of the molecule is COc1cccc(C2=N[C@H](C(=O)O)CS2)c1OC. The zero-order chi connectivity index (χ0) is 13.1. The predicted octanol–water partition coefficient (Wildman–Crippen LogP) is 1.65. The number of carbonyl (C=O) groups is 1. The summed E-state index contributed by atoms with van der Waals surface area (Å²) in [4.78, 5) is 15.1. The summed E-state index contributed by atoms with van der Waals surface area (Å²) in [6, 6.07) is 4.78. The number of carboxylic acids is 1. The molecular weight excluding hydrogens is 254 g/mol. The van der Waals surface area contributed by atoms with Crippen molar-refractivity contribution in [2.75, 3.05) is 20.0 Å². The Kier molecular flexibility index (Phi) is 3.76. The second-order valence-corrected chi connectivity index (χ2v) is 4.65. The molecule has 2 rings (SSSR count). The van der Waals surface area contributed by atoms with E-state index in [1.807, 2.05) is 12.1 Å². The Bertz CT molecular complexity index is 501. The number of carboxylic acid groups (broad SMARTS) is 1. The molecular formula is C12H13NO4S. The van der Waals surface area contributed by atoms with Gasteiger partial charge in [0.1, 0.15) is 5.04 Å². The monoisotopic (exact) mass is 267 g/mol. The molecule has 0 radical (unpaired) electrons. The number of nitrogens with zero attached hydrogens (tertiary/aromatic N) is 1. The summed E-state index contributed by atoms with van der Waals surface area (Å²) >= 11 is 1.41. The molecule has 1 aliphatic heterocycles. The highest BCUT2D eigenvalue weighted by molar-refractivity contribution is 8.14. The Morgan fingerprint density at radius 1 is 1.44 bits per heavy atom. The third-order valence-corrected chi connectivity index (χ3v) is 3.65. The summed E-state index contributed by atoms with van der Waals surface area (Å²) in [5.74, 6) is 0.735. The summed E-state index contributed by atoms with van der Waals surface area (Å²) in [5.41, 5.74) is 0.769. The number of rotatable bonds is 4. The Morgan fingerprint density at radius 3 is 2.78 bits per heavy atom. The number of hydrogen-bond acceptors (Lipinski definition) is 5. The van der Waals surface area contributed by atoms with Crippen molar-refractivity contribution in [3.63, 3.8) is 0 Å². The number of ether oxygens (including phenoxy) is 2. The van der Waals surface area contributed by atoms with Crippen molar-refractivity contribution in [1.29, 1.82) is 0 Å². The van der Waals surface area contributed by atoms with Gasteiger partial charge >= 0.3 is 5.97 Å². The maximum Gasteiger partial charge on any atom is 0.329 e. The van der Waals surface area contributed by atoms with E-state index in [0.717, 1.165) is 5.56 Å². The molecule has 0 aromatic heterocycles. The van der Waals surface area contributed by atoms with Gasteiger partial charge in [-0.1, -0.05) is 6.07 Å². The van der Waals surface area contributed by atoms with Gasteiger partial charge in [0.05, 0.1) is 19.8 Å². The first kappa shape index (κ1) is 12.8. The van der Waals surface area contributed by atoms with Crippen LogP contribution < -0.4 is 9.47 Å². The van der Waals surface area contributed by atoms with Gasteiger partial charge in [-0.25, -0.2) is 4.79 Å². The number of aliphatic imine (C=N–C) groups is 1. The van der Waals surface area contributed by atoms with E-state index in [1.165, 1.54) is 11.8 Å². The first-order valence-corrected chi connectivity index (χ1v) is 6.30. The average molecular weight is 267 g/mol. The highest BCUT2D eigenvalue weighted by atomic mass is 32.2. The van der Waals surface area contributed by atoms with Gasteiger partial charge in [-0.15, -0.1) is 11.8 Å². The highest BCUT2D eigenvalue weighted by Crippen LogP contribution is 2.35. The lowest BCUT2D eigenvalue weighted by atomic mass is 10.2. The predicted molar refractivity (Wildman–Crippen MR) is 70.0 cm³/mol. The Hall–Kier alpha value is -1.69. The van der Waals surface area contributed by atoms with Gasteiger partial charge in [-0.05, 0) is 12.1 Å². The van der Waals surface area contributed by atoms with Crippen molar-refractivity contribution in [3.8, 4) is 11.5 Å². The van der Waals surface area contributed by atoms with Crippen LogP contribution in [-0.4, -0.2) is 42.1 Å². The van der Waals surface area contributed by atoms with Crippen LogP contribution >= 0.6 is 11.8 Å². The van der Waals surface area contributed by atoms with Crippen LogP contribution in [0.2, 0.25) is 0 Å². The second kappa shape index (κ2) is 5.30. The van der Waals surface area contributed by atoms with Crippen molar-refractivity contribution in [2.45, 2.75) is 6.04 Å². The third-order valence-electron chi connectivity index (χ3n) is 2.57. The van der Waals surface area contributed by atoms with E-state index >= 15 is 0 Å². The van der Waals surface area contributed by atoms with E-state index in [9.17, 15) is 4.79 Å². The number of benzene rings is 1. The lowest BCUT2D eigenvalue weighted by Crippen LogP contribution is -2.17. The van der Waals surface area contributed by atoms with Crippen LogP contribution in [0, 0.1) is 0 Å². The van der Waals surface area contributed by atoms with E-state index in [2.05, 4.69) is 4.99 Å². The molecule has 1 heterocycles. The summed E-state index contributed by atoms with van der Waals surface area (Å²) in [7, 11) is 3.11. The molecule has 1 aliphatic rings. The lowest BCUT2D eigenvalue weighted by molar-refractivity contribution is -0.137. The maximum atomic E-state index is 10.9. The van der Waals surface area contributed by atoms with E-state index in [0.29, 0.717) is 22.3 Å². The summed E-state index contributed by atoms with van der Waals surface area (Å²) < 4.78 is 10.5. The van der Waals surface area contributed by atoms with Crippen LogP contribution in [0.5, 0.6) is 11.5 Å². The molecule has 0 amide bonds. The van der Waals surface area contributed by atoms with Crippen LogP contribution in [0.3, 0.4) is 0 Å². The molecule has 96 valence electrons. The summed E-state index contributed by atoms with van der Waals surface area (Å²) in [6.45, 7) is 0. The average Bonchev–Trinajstić information content (AvgIpc) is 2.87. The molecule has 5 nitrogen and oxygen atoms in total. The molecule has 0 saturated heterocycles. The molecule has 0 aliphatic carbocycles. The first-order valence-electron chi connectivity index (χ1n) is 5.32. The van der Waals surface area contributed by atoms with Crippen molar-refractivity contribution in [3.05, 3.63) is 23.8 Å². The smallest absolute Gasteiger partial charge is 0.329 e. The largest absolute Gasteiger partial charge is 0.493 e. The molecule has 1 aromatic carbocycles. The molecule has 0 spiro atoms. The molecule has 0 saturated carbocycles. The van der Waals surface area contributed by atoms with Crippen molar-refractivity contribution in [1.82, 2.24) is 0 Å². The minimum absolute atomic E-state index is 0.449. The van der Waals surface area contributed by atoms with Crippen molar-refractivity contribution < 1.29 is 19.4 Å². The zero-order valence-corrected chi connectivity index (χ0v) is 10.9. The van der Waals surface area contributed by atoms with E-state index in [4.69, 9.17) is 14.6 Å². The molecule has 6 heteroatoms. The lowest BCUT2D eigenvalue weighted by Gasteiger charge is -2.11. The topological polar surface area (TPSA) is 68.1 Å². The Labute approximate surface area is 109 Å². The van der Waals surface area contributed by atoms with E-state index in [1.54, 1.807) is 20.3 Å². The van der Waals surface area contributed by atoms with Gasteiger partial charge < -0.3 is 14.6 Å². The fourth-order valence-corrected chi connectivity index (χ4v) is 2.75. The van der Waals surface area contributed by atoms with Gasteiger partial charge in [-0.2, -0.15) is 0 Å². The van der Waals surface area contributed by atoms with Crippen molar-refractivity contribution >= 4 is 22.8 Å². The van der Waals surface area contributed by atoms with Crippen LogP contribution in [0.4, 0.5) is 0 Å². The molecule has 0 fully saturated rings. The standard InChI is InChI=1S/C12H13NO4S/c1-16-9-5-3-4-7(10(9)17-2)11-13-8(6-18-11)12(14)15/h3-5,8H,6H2,1-2H3,(H,14,15)/t8-/m0/s1. The number of aliphatic carboxylic acids is 1. The fraction of sp³-hybridized carbons (Fsp3) is 0.333. The first-order chi connectivity index (χ1) is 8.67. The van der Waals surface area contributed by atoms with Crippen molar-refractivity contribution in [2.24, 2.45) is 4.99 Å². The maximum absolute atomic E-state index is 10.9. The minimum atomic E-state index is -0.903. The number of hydrogen-bond donors (Lipinski definition) is 1. The number of thioether (sulfide) groups is 1. The molecule has 1 aromatic rings. The molecule has 1 atom stereocenters. The quantitative estimate of drug-likeness (QED) is 0.898. The van der Waals surface area contributed by atoms with Gasteiger partial charge in [0.25, 0.3) is 0 Å². The Morgan fingerprint density at radius 2 is 2.22 bits per heavy atom. The summed E-state index contributed by atoms with van der Waals surface area (Å²) in [6.07, 6.45) is 0. The molecule has 0 unspecified atom stereocenters. The molecule has 0 bridgehead atoms. The Balaban J connectivity index is 2.40. The normalized spacial score (nSPS) is 18.3. The second-order valence-electron chi connectivity index (χ2n) is 3.64. The zero-order valence-electron chi connectivity index (χ0n) is 10.0. The van der Waals surface area contributed by atoms with Crippen LogP contribution in [0.25, 0.3) is 0 Å². The number of para-hydroxylation sites is 1.